The highest BCUT2D eigenvalue weighted by molar-refractivity contribution is 5.87. The molecule has 2 aliphatic heterocycles. The second kappa shape index (κ2) is 7.41. The number of hydrogen-bond donors (Lipinski definition) is 1. The van der Waals surface area contributed by atoms with Gasteiger partial charge in [0.2, 0.25) is 0 Å². The Morgan fingerprint density at radius 1 is 0.962 bits per heavy atom. The lowest BCUT2D eigenvalue weighted by Crippen LogP contribution is -2.33. The summed E-state index contributed by atoms with van der Waals surface area (Å²) in [5, 5.41) is 9.70. The van der Waals surface area contributed by atoms with E-state index in [0.29, 0.717) is 0 Å². The molecule has 4 rings (SSSR count). The van der Waals surface area contributed by atoms with Crippen molar-refractivity contribution in [3.8, 4) is 11.1 Å². The molecule has 26 heavy (non-hydrogen) atoms. The van der Waals surface area contributed by atoms with Crippen LogP contribution in [0.4, 0.5) is 0 Å². The highest BCUT2D eigenvalue weighted by Gasteiger charge is 2.48. The summed E-state index contributed by atoms with van der Waals surface area (Å²) in [7, 11) is 0. The van der Waals surface area contributed by atoms with E-state index in [2.05, 4.69) is 12.1 Å². The molecule has 2 aromatic rings. The van der Waals surface area contributed by atoms with Gasteiger partial charge in [-0.25, -0.2) is 4.79 Å². The number of ether oxygens (including phenoxy) is 3. The minimum absolute atomic E-state index is 0.215. The average molecular weight is 352 g/mol. The zero-order valence-corrected chi connectivity index (χ0v) is 14.2. The molecule has 4 atom stereocenters. The number of benzene rings is 2. The van der Waals surface area contributed by atoms with Gasteiger partial charge in [-0.3, -0.25) is 0 Å². The average Bonchev–Trinajstić information content (AvgIpc) is 3.25. The Kier molecular flexibility index (Phi) is 4.84. The normalized spacial score (nSPS) is 27.6. The van der Waals surface area contributed by atoms with Crippen LogP contribution < -0.4 is 0 Å². The molecule has 5 heteroatoms. The van der Waals surface area contributed by atoms with Crippen molar-refractivity contribution in [2.75, 3.05) is 13.2 Å². The van der Waals surface area contributed by atoms with E-state index in [1.807, 2.05) is 42.5 Å². The fraction of sp³-hybridized carbons (Fsp3) is 0.286. The van der Waals surface area contributed by atoms with Gasteiger partial charge >= 0.3 is 5.97 Å². The lowest BCUT2D eigenvalue weighted by Gasteiger charge is -2.15. The summed E-state index contributed by atoms with van der Waals surface area (Å²) in [5.41, 5.74) is 3.18. The number of esters is 1. The summed E-state index contributed by atoms with van der Waals surface area (Å²) in [5.74, 6) is -0.448. The summed E-state index contributed by atoms with van der Waals surface area (Å²) in [6.45, 7) is 0.463. The van der Waals surface area contributed by atoms with E-state index in [4.69, 9.17) is 14.2 Å². The lowest BCUT2D eigenvalue weighted by atomic mass is 10.0. The summed E-state index contributed by atoms with van der Waals surface area (Å²) in [6.07, 6.45) is 1.21. The van der Waals surface area contributed by atoms with Crippen molar-refractivity contribution in [2.45, 2.75) is 24.4 Å². The Labute approximate surface area is 151 Å². The Balaban J connectivity index is 1.35. The topological polar surface area (TPSA) is 65.0 Å². The molecule has 0 radical (unpaired) electrons. The van der Waals surface area contributed by atoms with E-state index in [1.165, 1.54) is 6.08 Å². The Hall–Kier alpha value is -2.47. The maximum atomic E-state index is 12.0. The molecule has 0 unspecified atom stereocenters. The predicted molar refractivity (Wildman–Crippen MR) is 96.3 cm³/mol. The van der Waals surface area contributed by atoms with Gasteiger partial charge in [0.25, 0.3) is 0 Å². The summed E-state index contributed by atoms with van der Waals surface area (Å²) in [4.78, 5) is 12.0. The molecule has 1 N–H and O–H groups in total. The van der Waals surface area contributed by atoms with Crippen LogP contribution >= 0.6 is 0 Å². The summed E-state index contributed by atoms with van der Waals surface area (Å²) < 4.78 is 16.3. The van der Waals surface area contributed by atoms with E-state index in [-0.39, 0.29) is 19.3 Å². The van der Waals surface area contributed by atoms with Gasteiger partial charge < -0.3 is 19.3 Å². The van der Waals surface area contributed by atoms with E-state index in [0.717, 1.165) is 16.7 Å². The first kappa shape index (κ1) is 17.0. The van der Waals surface area contributed by atoms with Crippen molar-refractivity contribution >= 4 is 12.0 Å². The van der Waals surface area contributed by atoms with Gasteiger partial charge in [-0.15, -0.1) is 0 Å². The van der Waals surface area contributed by atoms with Crippen LogP contribution in [-0.4, -0.2) is 48.7 Å². The van der Waals surface area contributed by atoms with E-state index >= 15 is 0 Å². The van der Waals surface area contributed by atoms with E-state index in [9.17, 15) is 9.90 Å². The lowest BCUT2D eigenvalue weighted by molar-refractivity contribution is -0.147. The zero-order valence-electron chi connectivity index (χ0n) is 14.2. The van der Waals surface area contributed by atoms with Crippen molar-refractivity contribution in [2.24, 2.45) is 0 Å². The second-order valence-corrected chi connectivity index (χ2v) is 6.46. The monoisotopic (exact) mass is 352 g/mol. The van der Waals surface area contributed by atoms with Crippen molar-refractivity contribution < 1.29 is 24.1 Å². The van der Waals surface area contributed by atoms with E-state index < -0.39 is 24.3 Å². The fourth-order valence-electron chi connectivity index (χ4n) is 3.32. The quantitative estimate of drug-likeness (QED) is 0.676. The minimum atomic E-state index is -0.651. The molecule has 0 bridgehead atoms. The van der Waals surface area contributed by atoms with Crippen LogP contribution in [-0.2, 0) is 19.0 Å². The molecule has 2 aliphatic rings. The van der Waals surface area contributed by atoms with Crippen LogP contribution in [0, 0.1) is 0 Å². The third kappa shape index (κ3) is 3.55. The zero-order chi connectivity index (χ0) is 17.9. The largest absolute Gasteiger partial charge is 0.454 e. The number of aliphatic hydroxyl groups is 1. The number of fused-ring (bicyclic) bond motifs is 1. The van der Waals surface area contributed by atoms with Crippen molar-refractivity contribution in [3.63, 3.8) is 0 Å². The number of carbonyl (C=O) groups is 1. The number of hydrogen-bond acceptors (Lipinski definition) is 5. The smallest absolute Gasteiger partial charge is 0.331 e. The third-order valence-electron chi connectivity index (χ3n) is 4.68. The summed E-state index contributed by atoms with van der Waals surface area (Å²) >= 11 is 0. The van der Waals surface area contributed by atoms with Gasteiger partial charge in [0, 0.05) is 6.08 Å². The van der Waals surface area contributed by atoms with Crippen LogP contribution in [0.1, 0.15) is 5.56 Å². The van der Waals surface area contributed by atoms with Crippen molar-refractivity contribution in [1.82, 2.24) is 0 Å². The SMILES string of the molecule is O=C(/C=C/c1ccc(-c2ccccc2)cc1)O[C@@H]1CO[C@H]2[C@@H]1OC[C@@H]2O. The maximum absolute atomic E-state index is 12.0. The molecule has 2 fully saturated rings. The number of rotatable bonds is 4. The Bertz CT molecular complexity index is 784. The molecule has 0 aliphatic carbocycles. The van der Waals surface area contributed by atoms with Crippen LogP contribution in [0.3, 0.4) is 0 Å². The highest BCUT2D eigenvalue weighted by Crippen LogP contribution is 2.29. The molecular weight excluding hydrogens is 332 g/mol. The molecular formula is C21H20O5. The molecule has 134 valence electrons. The molecule has 2 saturated heterocycles. The van der Waals surface area contributed by atoms with Crippen LogP contribution in [0.2, 0.25) is 0 Å². The first-order valence-electron chi connectivity index (χ1n) is 8.66. The van der Waals surface area contributed by atoms with Gasteiger partial charge in [-0.05, 0) is 22.8 Å². The first-order chi connectivity index (χ1) is 12.7. The minimum Gasteiger partial charge on any atom is -0.454 e. The molecule has 0 aromatic heterocycles. The van der Waals surface area contributed by atoms with Gasteiger partial charge in [0.05, 0.1) is 13.2 Å². The molecule has 0 amide bonds. The molecule has 0 spiro atoms. The number of carbonyl (C=O) groups excluding carboxylic acids is 1. The van der Waals surface area contributed by atoms with Crippen LogP contribution in [0.25, 0.3) is 17.2 Å². The maximum Gasteiger partial charge on any atom is 0.331 e. The molecule has 2 heterocycles. The van der Waals surface area contributed by atoms with Crippen molar-refractivity contribution in [3.05, 3.63) is 66.2 Å². The summed E-state index contributed by atoms with van der Waals surface area (Å²) in [6, 6.07) is 18.1. The first-order valence-corrected chi connectivity index (χ1v) is 8.66. The standard InChI is InChI=1S/C21H20O5/c22-17-12-24-21-18(13-25-20(17)21)26-19(23)11-8-14-6-9-16(10-7-14)15-4-2-1-3-5-15/h1-11,17-18,20-22H,12-13H2/b11-8+/t17-,18+,20+,21+/m0/s1. The van der Waals surface area contributed by atoms with Gasteiger partial charge in [0.15, 0.2) is 6.10 Å². The van der Waals surface area contributed by atoms with Crippen LogP contribution in [0.15, 0.2) is 60.7 Å². The Morgan fingerprint density at radius 2 is 1.65 bits per heavy atom. The highest BCUT2D eigenvalue weighted by atomic mass is 16.6. The molecule has 0 saturated carbocycles. The van der Waals surface area contributed by atoms with Gasteiger partial charge in [-0.1, -0.05) is 54.6 Å². The second-order valence-electron chi connectivity index (χ2n) is 6.46. The van der Waals surface area contributed by atoms with Crippen LogP contribution in [0.5, 0.6) is 0 Å². The van der Waals surface area contributed by atoms with Crippen molar-refractivity contribution in [1.29, 1.82) is 0 Å². The molecule has 2 aromatic carbocycles. The third-order valence-corrected chi connectivity index (χ3v) is 4.68. The Morgan fingerprint density at radius 3 is 2.42 bits per heavy atom. The predicted octanol–water partition coefficient (Wildman–Crippen LogP) is 2.44. The van der Waals surface area contributed by atoms with Gasteiger partial charge in [0.1, 0.15) is 18.3 Å². The van der Waals surface area contributed by atoms with Gasteiger partial charge in [-0.2, -0.15) is 0 Å². The molecule has 5 nitrogen and oxygen atoms in total. The fourth-order valence-corrected chi connectivity index (χ4v) is 3.32. The number of aliphatic hydroxyl groups excluding tert-OH is 1. The van der Waals surface area contributed by atoms with E-state index in [1.54, 1.807) is 6.08 Å².